The molecule has 0 unspecified atom stereocenters. The normalized spacial score (nSPS) is 23.8. The Kier molecular flexibility index (Phi) is 6.53. The van der Waals surface area contributed by atoms with Gasteiger partial charge in [-0.3, -0.25) is 4.79 Å². The SMILES string of the molecule is CC(C)(C)OC(=O)NCC(=O)N=C1S[C@@H]2CS(=O)(=O)C[C@H]2N1c1ccccc1C(F)(F)F. The van der Waals surface area contributed by atoms with Crippen molar-refractivity contribution in [3.8, 4) is 0 Å². The summed E-state index contributed by atoms with van der Waals surface area (Å²) in [7, 11) is -3.44. The number of halogens is 3. The number of benzene rings is 1. The molecule has 2 aliphatic rings. The van der Waals surface area contributed by atoms with Crippen LogP contribution in [0.4, 0.5) is 23.7 Å². The molecule has 1 N–H and O–H groups in total. The summed E-state index contributed by atoms with van der Waals surface area (Å²) < 4.78 is 70.0. The molecule has 0 aliphatic carbocycles. The number of hydrogen-bond donors (Lipinski definition) is 1. The van der Waals surface area contributed by atoms with Gasteiger partial charge in [0.1, 0.15) is 12.1 Å². The van der Waals surface area contributed by atoms with Crippen LogP contribution in [0.25, 0.3) is 0 Å². The molecule has 2 saturated heterocycles. The van der Waals surface area contributed by atoms with Crippen LogP contribution >= 0.6 is 11.8 Å². The highest BCUT2D eigenvalue weighted by molar-refractivity contribution is 8.16. The molecule has 2 atom stereocenters. The number of carbonyl (C=O) groups is 2. The fourth-order valence-electron chi connectivity index (χ4n) is 3.38. The van der Waals surface area contributed by atoms with Crippen LogP contribution in [0.5, 0.6) is 0 Å². The van der Waals surface area contributed by atoms with Crippen LogP contribution < -0.4 is 10.2 Å². The predicted octanol–water partition coefficient (Wildman–Crippen LogP) is 2.83. The van der Waals surface area contributed by atoms with E-state index in [2.05, 4.69) is 10.3 Å². The quantitative estimate of drug-likeness (QED) is 0.690. The van der Waals surface area contributed by atoms with E-state index in [1.807, 2.05) is 0 Å². The molecular weight excluding hydrogens is 471 g/mol. The van der Waals surface area contributed by atoms with Crippen molar-refractivity contribution in [3.05, 3.63) is 29.8 Å². The molecule has 8 nitrogen and oxygen atoms in total. The van der Waals surface area contributed by atoms with Crippen LogP contribution in [-0.2, 0) is 25.5 Å². The summed E-state index contributed by atoms with van der Waals surface area (Å²) >= 11 is 0.943. The lowest BCUT2D eigenvalue weighted by Crippen LogP contribution is -2.39. The predicted molar refractivity (Wildman–Crippen MR) is 114 cm³/mol. The van der Waals surface area contributed by atoms with Crippen LogP contribution in [0.2, 0.25) is 0 Å². The second-order valence-electron chi connectivity index (χ2n) is 8.33. The minimum absolute atomic E-state index is 0.0393. The monoisotopic (exact) mass is 493 g/mol. The standard InChI is InChI=1S/C19H22F3N3O5S2/c1-18(2,3)30-17(27)23-8-15(26)24-16-25(13-9-32(28,29)10-14(13)31-16)12-7-5-4-6-11(12)19(20,21)22/h4-7,13-14H,8-10H2,1-3H3,(H,23,27)/t13-,14-/m1/s1. The Morgan fingerprint density at radius 2 is 1.88 bits per heavy atom. The zero-order valence-corrected chi connectivity index (χ0v) is 19.1. The molecule has 0 bridgehead atoms. The summed E-state index contributed by atoms with van der Waals surface area (Å²) in [6.07, 6.45) is -5.53. The number of thioether (sulfide) groups is 1. The van der Waals surface area contributed by atoms with Crippen molar-refractivity contribution in [2.75, 3.05) is 23.0 Å². The molecule has 0 saturated carbocycles. The maximum atomic E-state index is 13.6. The van der Waals surface area contributed by atoms with Crippen LogP contribution in [0.3, 0.4) is 0 Å². The van der Waals surface area contributed by atoms with E-state index in [1.165, 1.54) is 23.1 Å². The van der Waals surface area contributed by atoms with Gasteiger partial charge in [0.2, 0.25) is 0 Å². The second-order valence-corrected chi connectivity index (χ2v) is 11.7. The maximum absolute atomic E-state index is 13.6. The van der Waals surface area contributed by atoms with Gasteiger partial charge in [0.25, 0.3) is 5.91 Å². The third kappa shape index (κ3) is 5.74. The van der Waals surface area contributed by atoms with Gasteiger partial charge in [-0.25, -0.2) is 13.2 Å². The van der Waals surface area contributed by atoms with E-state index >= 15 is 0 Å². The first-order valence-corrected chi connectivity index (χ1v) is 12.3. The van der Waals surface area contributed by atoms with Gasteiger partial charge in [-0.2, -0.15) is 18.2 Å². The summed E-state index contributed by atoms with van der Waals surface area (Å²) in [4.78, 5) is 29.1. The first kappa shape index (κ1) is 24.4. The molecule has 2 amide bonds. The van der Waals surface area contributed by atoms with Crippen molar-refractivity contribution >= 4 is 44.5 Å². The van der Waals surface area contributed by atoms with E-state index in [0.717, 1.165) is 17.8 Å². The lowest BCUT2D eigenvalue weighted by atomic mass is 10.1. The molecule has 2 fully saturated rings. The number of anilines is 1. The summed E-state index contributed by atoms with van der Waals surface area (Å²) in [6.45, 7) is 4.41. The van der Waals surface area contributed by atoms with Gasteiger partial charge in [0.15, 0.2) is 15.0 Å². The fourth-order valence-corrected chi connectivity index (χ4v) is 7.30. The minimum atomic E-state index is -4.69. The Morgan fingerprint density at radius 3 is 2.50 bits per heavy atom. The number of sulfone groups is 1. The smallest absolute Gasteiger partial charge is 0.418 e. The average molecular weight is 494 g/mol. The largest absolute Gasteiger partial charge is 0.444 e. The van der Waals surface area contributed by atoms with E-state index in [1.54, 1.807) is 20.8 Å². The molecule has 2 heterocycles. The molecule has 176 valence electrons. The maximum Gasteiger partial charge on any atom is 0.418 e. The van der Waals surface area contributed by atoms with E-state index in [9.17, 15) is 31.2 Å². The number of fused-ring (bicyclic) bond motifs is 1. The summed E-state index contributed by atoms with van der Waals surface area (Å²) in [6, 6.07) is 3.94. The van der Waals surface area contributed by atoms with Crippen molar-refractivity contribution in [1.29, 1.82) is 0 Å². The van der Waals surface area contributed by atoms with Gasteiger partial charge < -0.3 is 15.0 Å². The van der Waals surface area contributed by atoms with E-state index < -0.39 is 57.0 Å². The third-order valence-corrected chi connectivity index (χ3v) is 7.75. The highest BCUT2D eigenvalue weighted by atomic mass is 32.2. The summed E-state index contributed by atoms with van der Waals surface area (Å²) in [5, 5.41) is 1.64. The Balaban J connectivity index is 1.89. The van der Waals surface area contributed by atoms with Crippen molar-refractivity contribution in [2.24, 2.45) is 4.99 Å². The third-order valence-electron chi connectivity index (χ3n) is 4.54. The minimum Gasteiger partial charge on any atom is -0.444 e. The van der Waals surface area contributed by atoms with Crippen LogP contribution in [0.1, 0.15) is 26.3 Å². The molecule has 2 aliphatic heterocycles. The van der Waals surface area contributed by atoms with E-state index in [-0.39, 0.29) is 22.4 Å². The number of para-hydroxylation sites is 1. The Hall–Kier alpha value is -2.28. The van der Waals surface area contributed by atoms with E-state index in [0.29, 0.717) is 0 Å². The molecule has 1 aromatic carbocycles. The molecule has 1 aromatic rings. The number of amidine groups is 1. The van der Waals surface area contributed by atoms with Gasteiger partial charge in [-0.05, 0) is 32.9 Å². The molecule has 0 spiro atoms. The number of rotatable bonds is 3. The second kappa shape index (κ2) is 8.58. The van der Waals surface area contributed by atoms with E-state index in [4.69, 9.17) is 4.74 Å². The highest BCUT2D eigenvalue weighted by Gasteiger charge is 2.51. The first-order valence-electron chi connectivity index (χ1n) is 9.57. The number of hydrogen-bond acceptors (Lipinski definition) is 6. The number of nitrogens with one attached hydrogen (secondary N) is 1. The number of aliphatic imine (C=N–C) groups is 1. The molecule has 13 heteroatoms. The number of nitrogens with zero attached hydrogens (tertiary/aromatic N) is 2. The number of alkyl carbamates (subject to hydrolysis) is 1. The van der Waals surface area contributed by atoms with Gasteiger partial charge in [0.05, 0.1) is 28.8 Å². The molecule has 32 heavy (non-hydrogen) atoms. The molecule has 3 rings (SSSR count). The topological polar surface area (TPSA) is 105 Å². The van der Waals surface area contributed by atoms with Crippen molar-refractivity contribution in [2.45, 2.75) is 43.8 Å². The van der Waals surface area contributed by atoms with Crippen molar-refractivity contribution < 1.29 is 35.9 Å². The van der Waals surface area contributed by atoms with Gasteiger partial charge in [-0.15, -0.1) is 0 Å². The highest BCUT2D eigenvalue weighted by Crippen LogP contribution is 2.45. The summed E-state index contributed by atoms with van der Waals surface area (Å²) in [5.41, 5.74) is -2.01. The lowest BCUT2D eigenvalue weighted by molar-refractivity contribution is -0.137. The van der Waals surface area contributed by atoms with Gasteiger partial charge in [0, 0.05) is 5.25 Å². The zero-order valence-electron chi connectivity index (χ0n) is 17.5. The van der Waals surface area contributed by atoms with Crippen LogP contribution in [-0.4, -0.2) is 60.5 Å². The molecule has 0 aromatic heterocycles. The van der Waals surface area contributed by atoms with Gasteiger partial charge >= 0.3 is 12.3 Å². The fraction of sp³-hybridized carbons (Fsp3) is 0.526. The zero-order chi connectivity index (χ0) is 23.9. The molecular formula is C19H22F3N3O5S2. The Bertz CT molecular complexity index is 1050. The Morgan fingerprint density at radius 1 is 1.22 bits per heavy atom. The van der Waals surface area contributed by atoms with Gasteiger partial charge in [-0.1, -0.05) is 23.9 Å². The molecule has 0 radical (unpaired) electrons. The van der Waals surface area contributed by atoms with Crippen LogP contribution in [0.15, 0.2) is 29.3 Å². The number of alkyl halides is 3. The van der Waals surface area contributed by atoms with Crippen molar-refractivity contribution in [1.82, 2.24) is 5.32 Å². The van der Waals surface area contributed by atoms with Crippen LogP contribution in [0, 0.1) is 0 Å². The summed E-state index contributed by atoms with van der Waals surface area (Å²) in [5.74, 6) is -1.38. The number of carbonyl (C=O) groups excluding carboxylic acids is 2. The first-order chi connectivity index (χ1) is 14.7. The lowest BCUT2D eigenvalue weighted by Gasteiger charge is -2.27. The Labute approximate surface area is 187 Å². The number of ether oxygens (including phenoxy) is 1. The number of amides is 2. The van der Waals surface area contributed by atoms with Crippen molar-refractivity contribution in [3.63, 3.8) is 0 Å². The average Bonchev–Trinajstić information content (AvgIpc) is 3.08.